The van der Waals surface area contributed by atoms with Gasteiger partial charge in [0.05, 0.1) is 6.10 Å². The SMILES string of the molecule is CCOC1CC(NC2CCC(C)(C)C2)C12CCCCC2. The first-order valence-corrected chi connectivity index (χ1v) is 8.93. The van der Waals surface area contributed by atoms with E-state index in [-0.39, 0.29) is 0 Å². The molecule has 0 aromatic heterocycles. The first-order valence-electron chi connectivity index (χ1n) is 8.93. The van der Waals surface area contributed by atoms with Gasteiger partial charge in [-0.05, 0) is 50.9 Å². The Morgan fingerprint density at radius 1 is 1.10 bits per heavy atom. The van der Waals surface area contributed by atoms with Gasteiger partial charge in [-0.25, -0.2) is 0 Å². The normalized spacial score (nSPS) is 38.9. The third-order valence-corrected chi connectivity index (χ3v) is 6.34. The minimum Gasteiger partial charge on any atom is -0.378 e. The lowest BCUT2D eigenvalue weighted by atomic mass is 9.55. The third-order valence-electron chi connectivity index (χ3n) is 6.34. The molecule has 3 fully saturated rings. The van der Waals surface area contributed by atoms with Crippen molar-refractivity contribution in [3.63, 3.8) is 0 Å². The molecular weight excluding hydrogens is 246 g/mol. The van der Waals surface area contributed by atoms with Gasteiger partial charge >= 0.3 is 0 Å². The largest absolute Gasteiger partial charge is 0.378 e. The fraction of sp³-hybridized carbons (Fsp3) is 1.00. The van der Waals surface area contributed by atoms with Crippen molar-refractivity contribution >= 4 is 0 Å². The predicted molar refractivity (Wildman–Crippen MR) is 83.9 cm³/mol. The molecule has 3 atom stereocenters. The summed E-state index contributed by atoms with van der Waals surface area (Å²) in [5.74, 6) is 0. The molecule has 0 bridgehead atoms. The standard InChI is InChI=1S/C18H33NO/c1-4-20-16-12-15(18(16)9-6-5-7-10-18)19-14-8-11-17(2,3)13-14/h14-16,19H,4-13H2,1-3H3. The minimum absolute atomic E-state index is 0.487. The summed E-state index contributed by atoms with van der Waals surface area (Å²) in [4.78, 5) is 0. The molecule has 3 aliphatic carbocycles. The highest BCUT2D eigenvalue weighted by molar-refractivity contribution is 5.10. The van der Waals surface area contributed by atoms with Crippen molar-refractivity contribution in [1.29, 1.82) is 0 Å². The van der Waals surface area contributed by atoms with Crippen molar-refractivity contribution in [3.05, 3.63) is 0 Å². The van der Waals surface area contributed by atoms with Crippen molar-refractivity contribution in [3.8, 4) is 0 Å². The lowest BCUT2D eigenvalue weighted by Gasteiger charge is -2.58. The monoisotopic (exact) mass is 279 g/mol. The van der Waals surface area contributed by atoms with Crippen LogP contribution >= 0.6 is 0 Å². The van der Waals surface area contributed by atoms with Crippen molar-refractivity contribution in [1.82, 2.24) is 5.32 Å². The molecule has 0 radical (unpaired) electrons. The highest BCUT2D eigenvalue weighted by Gasteiger charge is 2.56. The van der Waals surface area contributed by atoms with E-state index in [1.54, 1.807) is 0 Å². The summed E-state index contributed by atoms with van der Waals surface area (Å²) in [6, 6.07) is 1.50. The Bertz CT molecular complexity index is 332. The lowest BCUT2D eigenvalue weighted by Crippen LogP contribution is -2.65. The highest BCUT2D eigenvalue weighted by atomic mass is 16.5. The molecule has 2 nitrogen and oxygen atoms in total. The molecule has 0 heterocycles. The van der Waals surface area contributed by atoms with Gasteiger partial charge in [0, 0.05) is 24.1 Å². The molecular formula is C18H33NO. The summed E-state index contributed by atoms with van der Waals surface area (Å²) < 4.78 is 6.07. The maximum absolute atomic E-state index is 6.07. The van der Waals surface area contributed by atoms with E-state index >= 15 is 0 Å². The molecule has 20 heavy (non-hydrogen) atoms. The number of nitrogens with one attached hydrogen (secondary N) is 1. The average Bonchev–Trinajstić information content (AvgIpc) is 2.78. The molecule has 1 spiro atoms. The zero-order valence-corrected chi connectivity index (χ0v) is 13.7. The number of hydrogen-bond acceptors (Lipinski definition) is 2. The Morgan fingerprint density at radius 3 is 2.45 bits per heavy atom. The van der Waals surface area contributed by atoms with Crippen molar-refractivity contribution in [2.45, 2.75) is 96.7 Å². The molecule has 116 valence electrons. The van der Waals surface area contributed by atoms with Gasteiger partial charge in [0.15, 0.2) is 0 Å². The second-order valence-electron chi connectivity index (χ2n) is 8.30. The van der Waals surface area contributed by atoms with Gasteiger partial charge < -0.3 is 10.1 Å². The maximum Gasteiger partial charge on any atom is 0.0661 e. The molecule has 0 amide bonds. The van der Waals surface area contributed by atoms with Gasteiger partial charge in [-0.3, -0.25) is 0 Å². The maximum atomic E-state index is 6.07. The molecule has 0 aliphatic heterocycles. The molecule has 0 aromatic rings. The second kappa shape index (κ2) is 5.61. The number of ether oxygens (including phenoxy) is 1. The summed E-state index contributed by atoms with van der Waals surface area (Å²) in [6.45, 7) is 7.88. The fourth-order valence-corrected chi connectivity index (χ4v) is 5.16. The lowest BCUT2D eigenvalue weighted by molar-refractivity contribution is -0.152. The molecule has 1 N–H and O–H groups in total. The van der Waals surface area contributed by atoms with Gasteiger partial charge in [0.25, 0.3) is 0 Å². The van der Waals surface area contributed by atoms with E-state index < -0.39 is 0 Å². The van der Waals surface area contributed by atoms with E-state index in [9.17, 15) is 0 Å². The van der Waals surface area contributed by atoms with Crippen LogP contribution in [0.4, 0.5) is 0 Å². The van der Waals surface area contributed by atoms with Gasteiger partial charge in [0.2, 0.25) is 0 Å². The Labute approximate surface area is 125 Å². The van der Waals surface area contributed by atoms with E-state index in [0.717, 1.165) is 18.7 Å². The topological polar surface area (TPSA) is 21.3 Å². The van der Waals surface area contributed by atoms with Crippen LogP contribution in [0.2, 0.25) is 0 Å². The minimum atomic E-state index is 0.487. The number of hydrogen-bond donors (Lipinski definition) is 1. The Kier molecular flexibility index (Phi) is 4.16. The van der Waals surface area contributed by atoms with E-state index in [4.69, 9.17) is 4.74 Å². The molecule has 0 saturated heterocycles. The van der Waals surface area contributed by atoms with Gasteiger partial charge in [0.1, 0.15) is 0 Å². The molecule has 3 aliphatic rings. The molecule has 3 rings (SSSR count). The van der Waals surface area contributed by atoms with Crippen LogP contribution in [0.15, 0.2) is 0 Å². The van der Waals surface area contributed by atoms with Crippen LogP contribution in [0.1, 0.15) is 78.6 Å². The van der Waals surface area contributed by atoms with Crippen LogP contribution in [0, 0.1) is 10.8 Å². The smallest absolute Gasteiger partial charge is 0.0661 e. The summed E-state index contributed by atoms with van der Waals surface area (Å²) in [5.41, 5.74) is 1.04. The van der Waals surface area contributed by atoms with Gasteiger partial charge in [-0.1, -0.05) is 33.1 Å². The number of rotatable bonds is 4. The van der Waals surface area contributed by atoms with Crippen LogP contribution in [-0.2, 0) is 4.74 Å². The third kappa shape index (κ3) is 2.66. The van der Waals surface area contributed by atoms with Crippen molar-refractivity contribution < 1.29 is 4.74 Å². The van der Waals surface area contributed by atoms with Crippen molar-refractivity contribution in [2.24, 2.45) is 10.8 Å². The van der Waals surface area contributed by atoms with Crippen LogP contribution in [0.5, 0.6) is 0 Å². The molecule has 3 saturated carbocycles. The second-order valence-corrected chi connectivity index (χ2v) is 8.30. The summed E-state index contributed by atoms with van der Waals surface area (Å²) in [5, 5.41) is 4.04. The summed E-state index contributed by atoms with van der Waals surface area (Å²) >= 11 is 0. The van der Waals surface area contributed by atoms with Crippen LogP contribution in [-0.4, -0.2) is 24.8 Å². The van der Waals surface area contributed by atoms with E-state index in [0.29, 0.717) is 16.9 Å². The van der Waals surface area contributed by atoms with E-state index in [1.807, 2.05) is 0 Å². The first-order chi connectivity index (χ1) is 9.56. The average molecular weight is 279 g/mol. The zero-order valence-electron chi connectivity index (χ0n) is 13.7. The van der Waals surface area contributed by atoms with E-state index in [2.05, 4.69) is 26.1 Å². The molecule has 3 unspecified atom stereocenters. The molecule has 2 heteroatoms. The van der Waals surface area contributed by atoms with Crippen LogP contribution in [0.3, 0.4) is 0 Å². The Morgan fingerprint density at radius 2 is 1.85 bits per heavy atom. The van der Waals surface area contributed by atoms with Gasteiger partial charge in [-0.15, -0.1) is 0 Å². The van der Waals surface area contributed by atoms with E-state index in [1.165, 1.54) is 57.8 Å². The Hall–Kier alpha value is -0.0800. The molecule has 0 aromatic carbocycles. The summed E-state index contributed by atoms with van der Waals surface area (Å²) in [6.07, 6.45) is 13.0. The predicted octanol–water partition coefficient (Wildman–Crippen LogP) is 4.28. The van der Waals surface area contributed by atoms with Crippen LogP contribution in [0.25, 0.3) is 0 Å². The quantitative estimate of drug-likeness (QED) is 0.829. The summed E-state index contributed by atoms with van der Waals surface area (Å²) in [7, 11) is 0. The highest BCUT2D eigenvalue weighted by Crippen LogP contribution is 2.54. The Balaban J connectivity index is 1.61. The van der Waals surface area contributed by atoms with Crippen molar-refractivity contribution in [2.75, 3.05) is 6.61 Å². The zero-order chi connectivity index (χ0) is 14.2. The first kappa shape index (κ1) is 14.8. The fourth-order valence-electron chi connectivity index (χ4n) is 5.16. The van der Waals surface area contributed by atoms with Gasteiger partial charge in [-0.2, -0.15) is 0 Å². The van der Waals surface area contributed by atoms with Crippen LogP contribution < -0.4 is 5.32 Å².